The number of fused-ring (bicyclic) bond motifs is 1. The molecule has 1 unspecified atom stereocenters. The Kier molecular flexibility index (Phi) is 3.17. The standard InChI is InChI=1S/C10H10ClN3O2/c11-5-7(15)6-14-10(16)8-3-1-2-4-9(8)12-13-14/h1-4,7,15H,5-6H2. The summed E-state index contributed by atoms with van der Waals surface area (Å²) in [5.74, 6) is 0.0565. The topological polar surface area (TPSA) is 68.0 Å². The predicted octanol–water partition coefficient (Wildman–Crippen LogP) is 0.391. The van der Waals surface area contributed by atoms with Gasteiger partial charge < -0.3 is 5.11 Å². The van der Waals surface area contributed by atoms with E-state index in [0.717, 1.165) is 4.68 Å². The van der Waals surface area contributed by atoms with Gasteiger partial charge in [0.25, 0.3) is 5.56 Å². The lowest BCUT2D eigenvalue weighted by atomic mass is 10.2. The third-order valence-electron chi connectivity index (χ3n) is 2.19. The van der Waals surface area contributed by atoms with Crippen LogP contribution in [0.4, 0.5) is 0 Å². The summed E-state index contributed by atoms with van der Waals surface area (Å²) >= 11 is 5.46. The van der Waals surface area contributed by atoms with Crippen molar-refractivity contribution in [2.45, 2.75) is 12.6 Å². The summed E-state index contributed by atoms with van der Waals surface area (Å²) in [7, 11) is 0. The molecule has 0 spiro atoms. The maximum Gasteiger partial charge on any atom is 0.277 e. The van der Waals surface area contributed by atoms with E-state index >= 15 is 0 Å². The summed E-state index contributed by atoms with van der Waals surface area (Å²) in [5.41, 5.74) is 0.277. The highest BCUT2D eigenvalue weighted by molar-refractivity contribution is 6.18. The number of aliphatic hydroxyl groups excluding tert-OH is 1. The smallest absolute Gasteiger partial charge is 0.277 e. The third-order valence-corrected chi connectivity index (χ3v) is 2.55. The normalized spacial score (nSPS) is 12.9. The van der Waals surface area contributed by atoms with Gasteiger partial charge in [0, 0.05) is 0 Å². The highest BCUT2D eigenvalue weighted by Gasteiger charge is 2.08. The maximum absolute atomic E-state index is 11.9. The van der Waals surface area contributed by atoms with Gasteiger partial charge in [-0.15, -0.1) is 16.7 Å². The summed E-state index contributed by atoms with van der Waals surface area (Å²) in [4.78, 5) is 11.9. The molecule has 0 fully saturated rings. The Morgan fingerprint density at radius 2 is 2.19 bits per heavy atom. The van der Waals surface area contributed by atoms with Crippen LogP contribution in [0.1, 0.15) is 0 Å². The SMILES string of the molecule is O=c1c2ccccc2nnn1CC(O)CCl. The van der Waals surface area contributed by atoms with E-state index in [0.29, 0.717) is 10.9 Å². The van der Waals surface area contributed by atoms with Crippen LogP contribution in [0.3, 0.4) is 0 Å². The fraction of sp³-hybridized carbons (Fsp3) is 0.300. The van der Waals surface area contributed by atoms with Crippen LogP contribution < -0.4 is 5.56 Å². The highest BCUT2D eigenvalue weighted by atomic mass is 35.5. The minimum Gasteiger partial charge on any atom is -0.390 e. The number of halogens is 1. The van der Waals surface area contributed by atoms with E-state index in [2.05, 4.69) is 10.3 Å². The van der Waals surface area contributed by atoms with Crippen LogP contribution in [0.15, 0.2) is 29.1 Å². The molecule has 1 aromatic heterocycles. The van der Waals surface area contributed by atoms with E-state index in [-0.39, 0.29) is 18.0 Å². The zero-order valence-corrected chi connectivity index (χ0v) is 9.13. The molecule has 2 rings (SSSR count). The van der Waals surface area contributed by atoms with Gasteiger partial charge in [-0.05, 0) is 12.1 Å². The number of hydrogen-bond acceptors (Lipinski definition) is 4. The second kappa shape index (κ2) is 4.59. The average Bonchev–Trinajstić information content (AvgIpc) is 2.33. The van der Waals surface area contributed by atoms with Crippen LogP contribution in [0, 0.1) is 0 Å². The number of nitrogens with zero attached hydrogens (tertiary/aromatic N) is 3. The van der Waals surface area contributed by atoms with E-state index in [1.165, 1.54) is 0 Å². The van der Waals surface area contributed by atoms with Crippen LogP contribution in [0.2, 0.25) is 0 Å². The second-order valence-electron chi connectivity index (χ2n) is 3.40. The minimum absolute atomic E-state index is 0.0557. The van der Waals surface area contributed by atoms with Crippen molar-refractivity contribution in [3.8, 4) is 0 Å². The number of benzene rings is 1. The fourth-order valence-corrected chi connectivity index (χ4v) is 1.49. The van der Waals surface area contributed by atoms with Gasteiger partial charge in [0.15, 0.2) is 0 Å². The molecular formula is C10H10ClN3O2. The second-order valence-corrected chi connectivity index (χ2v) is 3.71. The van der Waals surface area contributed by atoms with Crippen LogP contribution in [-0.2, 0) is 6.54 Å². The van der Waals surface area contributed by atoms with Gasteiger partial charge >= 0.3 is 0 Å². The molecule has 6 heteroatoms. The van der Waals surface area contributed by atoms with E-state index < -0.39 is 6.10 Å². The van der Waals surface area contributed by atoms with Gasteiger partial charge in [-0.25, -0.2) is 4.68 Å². The number of aromatic nitrogens is 3. The lowest BCUT2D eigenvalue weighted by Gasteiger charge is -2.07. The predicted molar refractivity (Wildman–Crippen MR) is 60.5 cm³/mol. The monoisotopic (exact) mass is 239 g/mol. The summed E-state index contributed by atoms with van der Waals surface area (Å²) in [5, 5.41) is 17.5. The largest absolute Gasteiger partial charge is 0.390 e. The van der Waals surface area contributed by atoms with Crippen molar-refractivity contribution >= 4 is 22.5 Å². The highest BCUT2D eigenvalue weighted by Crippen LogP contribution is 2.03. The summed E-state index contributed by atoms with van der Waals surface area (Å²) in [6.45, 7) is 0.0557. The molecule has 0 saturated carbocycles. The molecule has 0 aliphatic carbocycles. The first-order valence-corrected chi connectivity index (χ1v) is 5.32. The quantitative estimate of drug-likeness (QED) is 0.787. The molecule has 1 aromatic carbocycles. The Morgan fingerprint density at radius 1 is 1.44 bits per heavy atom. The molecule has 0 aliphatic rings. The van der Waals surface area contributed by atoms with Gasteiger partial charge in [-0.3, -0.25) is 4.79 Å². The number of alkyl halides is 1. The van der Waals surface area contributed by atoms with Crippen molar-refractivity contribution in [2.75, 3.05) is 5.88 Å². The third kappa shape index (κ3) is 2.05. The maximum atomic E-state index is 11.9. The first-order chi connectivity index (χ1) is 7.72. The average molecular weight is 240 g/mol. The van der Waals surface area contributed by atoms with Crippen molar-refractivity contribution in [3.05, 3.63) is 34.6 Å². The van der Waals surface area contributed by atoms with Crippen molar-refractivity contribution in [1.29, 1.82) is 0 Å². The van der Waals surface area contributed by atoms with Crippen LogP contribution >= 0.6 is 11.6 Å². The molecular weight excluding hydrogens is 230 g/mol. The van der Waals surface area contributed by atoms with E-state index in [1.54, 1.807) is 24.3 Å². The van der Waals surface area contributed by atoms with Gasteiger partial charge in [-0.1, -0.05) is 17.3 Å². The Bertz CT molecular complexity index is 555. The number of hydrogen-bond donors (Lipinski definition) is 1. The zero-order valence-electron chi connectivity index (χ0n) is 8.38. The zero-order chi connectivity index (χ0) is 11.5. The molecule has 0 saturated heterocycles. The van der Waals surface area contributed by atoms with Gasteiger partial charge in [0.1, 0.15) is 5.52 Å². The Hall–Kier alpha value is -1.46. The first kappa shape index (κ1) is 11.0. The van der Waals surface area contributed by atoms with Gasteiger partial charge in [0.2, 0.25) is 0 Å². The summed E-state index contributed by atoms with van der Waals surface area (Å²) < 4.78 is 1.12. The van der Waals surface area contributed by atoms with Crippen molar-refractivity contribution in [3.63, 3.8) is 0 Å². The lowest BCUT2D eigenvalue weighted by molar-refractivity contribution is 0.168. The number of aliphatic hydroxyl groups is 1. The minimum atomic E-state index is -0.796. The van der Waals surface area contributed by atoms with E-state index in [1.807, 2.05) is 0 Å². The molecule has 0 amide bonds. The Morgan fingerprint density at radius 3 is 2.94 bits per heavy atom. The fourth-order valence-electron chi connectivity index (χ4n) is 1.39. The van der Waals surface area contributed by atoms with Crippen molar-refractivity contribution in [1.82, 2.24) is 15.0 Å². The summed E-state index contributed by atoms with van der Waals surface area (Å²) in [6.07, 6.45) is -0.796. The van der Waals surface area contributed by atoms with E-state index in [4.69, 9.17) is 11.6 Å². The Labute approximate surface area is 96.3 Å². The Balaban J connectivity index is 2.49. The molecule has 84 valence electrons. The molecule has 1 heterocycles. The van der Waals surface area contributed by atoms with Crippen LogP contribution in [0.5, 0.6) is 0 Å². The van der Waals surface area contributed by atoms with Gasteiger partial charge in [-0.2, -0.15) is 0 Å². The van der Waals surface area contributed by atoms with Crippen LogP contribution in [-0.4, -0.2) is 32.1 Å². The summed E-state index contributed by atoms with van der Waals surface area (Å²) in [6, 6.07) is 6.93. The van der Waals surface area contributed by atoms with Crippen molar-refractivity contribution in [2.24, 2.45) is 0 Å². The van der Waals surface area contributed by atoms with Crippen molar-refractivity contribution < 1.29 is 5.11 Å². The molecule has 0 radical (unpaired) electrons. The lowest BCUT2D eigenvalue weighted by Crippen LogP contribution is -2.30. The molecule has 16 heavy (non-hydrogen) atoms. The van der Waals surface area contributed by atoms with Gasteiger partial charge in [0.05, 0.1) is 23.9 Å². The molecule has 0 bridgehead atoms. The molecule has 2 aromatic rings. The van der Waals surface area contributed by atoms with E-state index in [9.17, 15) is 9.90 Å². The molecule has 1 atom stereocenters. The molecule has 0 aliphatic heterocycles. The van der Waals surface area contributed by atoms with Crippen LogP contribution in [0.25, 0.3) is 10.9 Å². The first-order valence-electron chi connectivity index (χ1n) is 4.79. The number of rotatable bonds is 3. The molecule has 1 N–H and O–H groups in total. The molecule has 5 nitrogen and oxygen atoms in total.